The molecule has 0 fully saturated rings. The lowest BCUT2D eigenvalue weighted by molar-refractivity contribution is -0.125. The summed E-state index contributed by atoms with van der Waals surface area (Å²) in [4.78, 5) is 26.1. The third kappa shape index (κ3) is 6.91. The van der Waals surface area contributed by atoms with Crippen LogP contribution < -0.4 is 15.8 Å². The molecule has 0 aliphatic heterocycles. The van der Waals surface area contributed by atoms with Crippen molar-refractivity contribution in [3.63, 3.8) is 0 Å². The first-order chi connectivity index (χ1) is 14.0. The maximum Gasteiger partial charge on any atom is 0.243 e. The molecule has 0 heterocycles. The number of sulfonamides is 1. The van der Waals surface area contributed by atoms with Gasteiger partial charge in [-0.3, -0.25) is 14.5 Å². The fraction of sp³-hybridized carbons (Fsp3) is 0.300. The first-order valence-electron chi connectivity index (χ1n) is 9.13. The number of rotatable bonds is 8. The van der Waals surface area contributed by atoms with E-state index in [2.05, 4.69) is 26.6 Å². The number of anilines is 1. The van der Waals surface area contributed by atoms with E-state index in [1.165, 1.54) is 12.1 Å². The molecule has 0 aliphatic carbocycles. The average molecular weight is 497 g/mol. The average Bonchev–Trinajstić information content (AvgIpc) is 2.67. The van der Waals surface area contributed by atoms with Gasteiger partial charge in [-0.05, 0) is 62.4 Å². The standard InChI is InChI=1S/C20H25BrN4O4S/c1-13-10-16(21)6-9-18(13)24-19(26)11-23-20(27)12-25(3)14(2)15-4-7-17(8-5-15)30(22,28)29/h4-10,14H,11-12H2,1-3H3,(H,23,27)(H,24,26)(H2,22,28,29)/t14-/m0/s1. The van der Waals surface area contributed by atoms with E-state index in [9.17, 15) is 18.0 Å². The van der Waals surface area contributed by atoms with E-state index in [0.29, 0.717) is 5.69 Å². The van der Waals surface area contributed by atoms with Crippen LogP contribution in [0.25, 0.3) is 0 Å². The van der Waals surface area contributed by atoms with Crippen LogP contribution in [0.3, 0.4) is 0 Å². The molecule has 1 atom stereocenters. The third-order valence-corrected chi connectivity index (χ3v) is 6.08. The number of carbonyl (C=O) groups excluding carboxylic acids is 2. The monoisotopic (exact) mass is 496 g/mol. The number of amides is 2. The summed E-state index contributed by atoms with van der Waals surface area (Å²) in [6, 6.07) is 11.5. The van der Waals surface area contributed by atoms with E-state index >= 15 is 0 Å². The normalized spacial score (nSPS) is 12.5. The van der Waals surface area contributed by atoms with Crippen LogP contribution in [-0.4, -0.2) is 45.3 Å². The van der Waals surface area contributed by atoms with Gasteiger partial charge < -0.3 is 10.6 Å². The summed E-state index contributed by atoms with van der Waals surface area (Å²) in [5.74, 6) is -0.615. The molecular weight excluding hydrogens is 472 g/mol. The van der Waals surface area contributed by atoms with Crippen molar-refractivity contribution in [3.8, 4) is 0 Å². The van der Waals surface area contributed by atoms with Gasteiger partial charge in [0.1, 0.15) is 0 Å². The van der Waals surface area contributed by atoms with Crippen molar-refractivity contribution >= 4 is 43.5 Å². The molecule has 10 heteroatoms. The molecule has 0 radical (unpaired) electrons. The molecule has 2 amide bonds. The maximum absolute atomic E-state index is 12.2. The van der Waals surface area contributed by atoms with E-state index in [4.69, 9.17) is 5.14 Å². The van der Waals surface area contributed by atoms with Crippen LogP contribution in [0.1, 0.15) is 24.1 Å². The van der Waals surface area contributed by atoms with Gasteiger partial charge in [-0.2, -0.15) is 0 Å². The van der Waals surface area contributed by atoms with Crippen LogP contribution in [0.4, 0.5) is 5.69 Å². The first kappa shape index (κ1) is 24.0. The third-order valence-electron chi connectivity index (χ3n) is 4.65. The summed E-state index contributed by atoms with van der Waals surface area (Å²) in [6.07, 6.45) is 0. The summed E-state index contributed by atoms with van der Waals surface area (Å²) in [5.41, 5.74) is 2.43. The largest absolute Gasteiger partial charge is 0.346 e. The topological polar surface area (TPSA) is 122 Å². The minimum Gasteiger partial charge on any atom is -0.346 e. The van der Waals surface area contributed by atoms with Crippen molar-refractivity contribution in [2.75, 3.05) is 25.5 Å². The smallest absolute Gasteiger partial charge is 0.243 e. The van der Waals surface area contributed by atoms with Crippen molar-refractivity contribution in [2.45, 2.75) is 24.8 Å². The molecular formula is C20H25BrN4O4S. The van der Waals surface area contributed by atoms with E-state index in [1.807, 2.05) is 26.0 Å². The SMILES string of the molecule is Cc1cc(Br)ccc1NC(=O)CNC(=O)CN(C)[C@@H](C)c1ccc(S(N)(=O)=O)cc1. The highest BCUT2D eigenvalue weighted by atomic mass is 79.9. The number of primary sulfonamides is 1. The molecule has 0 saturated carbocycles. The number of likely N-dealkylation sites (N-methyl/N-ethyl adjacent to an activating group) is 1. The molecule has 162 valence electrons. The lowest BCUT2D eigenvalue weighted by Crippen LogP contribution is -2.40. The predicted molar refractivity (Wildman–Crippen MR) is 119 cm³/mol. The summed E-state index contributed by atoms with van der Waals surface area (Å²) < 4.78 is 23.6. The van der Waals surface area contributed by atoms with E-state index in [-0.39, 0.29) is 35.8 Å². The lowest BCUT2D eigenvalue weighted by Gasteiger charge is -2.24. The van der Waals surface area contributed by atoms with Crippen LogP contribution in [0.15, 0.2) is 51.8 Å². The molecule has 2 aromatic carbocycles. The molecule has 0 aromatic heterocycles. The molecule has 0 saturated heterocycles. The van der Waals surface area contributed by atoms with Gasteiger partial charge >= 0.3 is 0 Å². The highest BCUT2D eigenvalue weighted by molar-refractivity contribution is 9.10. The minimum absolute atomic E-state index is 0.0332. The Labute approximate surface area is 185 Å². The Morgan fingerprint density at radius 3 is 2.33 bits per heavy atom. The molecule has 0 unspecified atom stereocenters. The summed E-state index contributed by atoms with van der Waals surface area (Å²) in [5, 5.41) is 10.5. The highest BCUT2D eigenvalue weighted by Crippen LogP contribution is 2.21. The number of hydrogen-bond donors (Lipinski definition) is 3. The quantitative estimate of drug-likeness (QED) is 0.516. The molecule has 0 spiro atoms. The van der Waals surface area contributed by atoms with E-state index < -0.39 is 10.0 Å². The fourth-order valence-electron chi connectivity index (χ4n) is 2.75. The number of benzene rings is 2. The zero-order valence-electron chi connectivity index (χ0n) is 17.0. The predicted octanol–water partition coefficient (Wildman–Crippen LogP) is 2.15. The van der Waals surface area contributed by atoms with Gasteiger partial charge in [-0.25, -0.2) is 13.6 Å². The number of hydrogen-bond acceptors (Lipinski definition) is 5. The number of halogens is 1. The van der Waals surface area contributed by atoms with Crippen molar-refractivity contribution in [1.29, 1.82) is 0 Å². The summed E-state index contributed by atoms with van der Waals surface area (Å²) in [7, 11) is -1.98. The van der Waals surface area contributed by atoms with Gasteiger partial charge in [0, 0.05) is 16.2 Å². The molecule has 0 aliphatic rings. The van der Waals surface area contributed by atoms with Crippen molar-refractivity contribution in [3.05, 3.63) is 58.1 Å². The maximum atomic E-state index is 12.2. The number of nitrogens with one attached hydrogen (secondary N) is 2. The summed E-state index contributed by atoms with van der Waals surface area (Å²) in [6.45, 7) is 3.70. The molecule has 30 heavy (non-hydrogen) atoms. The van der Waals surface area contributed by atoms with Crippen LogP contribution in [0.5, 0.6) is 0 Å². The van der Waals surface area contributed by atoms with Crippen LogP contribution in [0, 0.1) is 6.92 Å². The number of nitrogens with two attached hydrogens (primary N) is 1. The Kier molecular flexibility index (Phi) is 8.13. The summed E-state index contributed by atoms with van der Waals surface area (Å²) >= 11 is 3.37. The second kappa shape index (κ2) is 10.2. The van der Waals surface area contributed by atoms with Crippen LogP contribution in [0.2, 0.25) is 0 Å². The van der Waals surface area contributed by atoms with Gasteiger partial charge in [0.2, 0.25) is 21.8 Å². The van der Waals surface area contributed by atoms with Gasteiger partial charge in [-0.15, -0.1) is 0 Å². The number of carbonyl (C=O) groups is 2. The first-order valence-corrected chi connectivity index (χ1v) is 11.5. The molecule has 8 nitrogen and oxygen atoms in total. The Balaban J connectivity index is 1.85. The molecule has 4 N–H and O–H groups in total. The van der Waals surface area contributed by atoms with Gasteiger partial charge in [0.05, 0.1) is 18.0 Å². The van der Waals surface area contributed by atoms with Gasteiger partial charge in [0.15, 0.2) is 0 Å². The van der Waals surface area contributed by atoms with E-state index in [0.717, 1.165) is 15.6 Å². The zero-order chi connectivity index (χ0) is 22.5. The fourth-order valence-corrected chi connectivity index (χ4v) is 3.74. The van der Waals surface area contributed by atoms with E-state index in [1.54, 1.807) is 30.1 Å². The Bertz CT molecular complexity index is 1030. The van der Waals surface area contributed by atoms with Crippen LogP contribution in [-0.2, 0) is 19.6 Å². The lowest BCUT2D eigenvalue weighted by atomic mass is 10.1. The Hall–Kier alpha value is -2.27. The Morgan fingerprint density at radius 1 is 1.13 bits per heavy atom. The Morgan fingerprint density at radius 2 is 1.77 bits per heavy atom. The minimum atomic E-state index is -3.75. The van der Waals surface area contributed by atoms with Crippen molar-refractivity contribution in [2.24, 2.45) is 5.14 Å². The number of nitrogens with zero attached hydrogens (tertiary/aromatic N) is 1. The second-order valence-corrected chi connectivity index (χ2v) is 9.47. The highest BCUT2D eigenvalue weighted by Gasteiger charge is 2.17. The molecule has 2 rings (SSSR count). The van der Waals surface area contributed by atoms with Gasteiger partial charge in [0.25, 0.3) is 0 Å². The van der Waals surface area contributed by atoms with Crippen molar-refractivity contribution < 1.29 is 18.0 Å². The molecule has 0 bridgehead atoms. The van der Waals surface area contributed by atoms with Crippen LogP contribution >= 0.6 is 15.9 Å². The zero-order valence-corrected chi connectivity index (χ0v) is 19.4. The van der Waals surface area contributed by atoms with Gasteiger partial charge in [-0.1, -0.05) is 28.1 Å². The second-order valence-electron chi connectivity index (χ2n) is 6.99. The number of aryl methyl sites for hydroxylation is 1. The van der Waals surface area contributed by atoms with Crippen molar-refractivity contribution in [1.82, 2.24) is 10.2 Å². The molecule has 2 aromatic rings.